The highest BCUT2D eigenvalue weighted by Gasteiger charge is 2.11. The van der Waals surface area contributed by atoms with E-state index < -0.39 is 0 Å². The summed E-state index contributed by atoms with van der Waals surface area (Å²) in [5.41, 5.74) is 5.02. The van der Waals surface area contributed by atoms with Crippen molar-refractivity contribution in [3.8, 4) is 22.3 Å². The predicted octanol–water partition coefficient (Wildman–Crippen LogP) is 6.94. The largest absolute Gasteiger partial charge is 0.0622 e. The van der Waals surface area contributed by atoms with Gasteiger partial charge in [0.1, 0.15) is 0 Å². The van der Waals surface area contributed by atoms with E-state index in [0.29, 0.717) is 0 Å². The van der Waals surface area contributed by atoms with Gasteiger partial charge in [0.2, 0.25) is 0 Å². The third-order valence-electron chi connectivity index (χ3n) is 4.16. The lowest BCUT2D eigenvalue weighted by Crippen LogP contribution is -1.87. The topological polar surface area (TPSA) is 0 Å². The van der Waals surface area contributed by atoms with Crippen LogP contribution in [0.4, 0.5) is 0 Å². The molecule has 0 aliphatic rings. The van der Waals surface area contributed by atoms with Crippen LogP contribution < -0.4 is 0 Å². The third kappa shape index (κ3) is 2.58. The minimum absolute atomic E-state index is 1.13. The molecule has 0 heterocycles. The molecule has 0 aliphatic heterocycles. The standard InChI is InChI=1S/C22H15Br/c23-21-15-14-19(17-10-5-2-6-11-17)22-18(12-7-13-20(21)22)16-8-3-1-4-9-16/h1-15H. The van der Waals surface area contributed by atoms with E-state index >= 15 is 0 Å². The smallest absolute Gasteiger partial charge is 0.0254 e. The Morgan fingerprint density at radius 2 is 1.04 bits per heavy atom. The highest BCUT2D eigenvalue weighted by Crippen LogP contribution is 2.39. The van der Waals surface area contributed by atoms with Crippen molar-refractivity contribution in [3.05, 3.63) is 95.5 Å². The van der Waals surface area contributed by atoms with Gasteiger partial charge in [0.15, 0.2) is 0 Å². The van der Waals surface area contributed by atoms with Crippen molar-refractivity contribution in [1.82, 2.24) is 0 Å². The van der Waals surface area contributed by atoms with Crippen LogP contribution in [-0.2, 0) is 0 Å². The average Bonchev–Trinajstić information content (AvgIpc) is 2.63. The van der Waals surface area contributed by atoms with Crippen LogP contribution in [0.25, 0.3) is 33.0 Å². The lowest BCUT2D eigenvalue weighted by atomic mass is 9.91. The van der Waals surface area contributed by atoms with Crippen LogP contribution in [0.1, 0.15) is 0 Å². The van der Waals surface area contributed by atoms with Gasteiger partial charge in [-0.2, -0.15) is 0 Å². The molecule has 0 aromatic heterocycles. The fourth-order valence-electron chi connectivity index (χ4n) is 3.09. The first-order chi connectivity index (χ1) is 11.3. The second-order valence-electron chi connectivity index (χ2n) is 5.56. The molecule has 0 nitrogen and oxygen atoms in total. The Balaban J connectivity index is 2.11. The maximum absolute atomic E-state index is 3.71. The van der Waals surface area contributed by atoms with E-state index in [1.54, 1.807) is 0 Å². The molecule has 4 aromatic carbocycles. The highest BCUT2D eigenvalue weighted by atomic mass is 79.9. The fourth-order valence-corrected chi connectivity index (χ4v) is 3.55. The molecule has 1 heteroatoms. The summed E-state index contributed by atoms with van der Waals surface area (Å²) in [4.78, 5) is 0. The van der Waals surface area contributed by atoms with E-state index in [9.17, 15) is 0 Å². The molecule has 23 heavy (non-hydrogen) atoms. The monoisotopic (exact) mass is 358 g/mol. The third-order valence-corrected chi connectivity index (χ3v) is 4.85. The number of rotatable bonds is 2. The van der Waals surface area contributed by atoms with Crippen molar-refractivity contribution in [3.63, 3.8) is 0 Å². The Labute approximate surface area is 144 Å². The molecule has 0 atom stereocenters. The van der Waals surface area contributed by atoms with Crippen LogP contribution in [0.15, 0.2) is 95.5 Å². The van der Waals surface area contributed by atoms with Gasteiger partial charge >= 0.3 is 0 Å². The van der Waals surface area contributed by atoms with Crippen LogP contribution in [-0.4, -0.2) is 0 Å². The minimum Gasteiger partial charge on any atom is -0.0622 e. The summed E-state index contributed by atoms with van der Waals surface area (Å²) in [5, 5.41) is 2.53. The van der Waals surface area contributed by atoms with Crippen molar-refractivity contribution < 1.29 is 0 Å². The van der Waals surface area contributed by atoms with Gasteiger partial charge in [-0.3, -0.25) is 0 Å². The molecule has 0 N–H and O–H groups in total. The molecule has 0 radical (unpaired) electrons. The Morgan fingerprint density at radius 1 is 0.478 bits per heavy atom. The molecule has 4 rings (SSSR count). The molecule has 0 bridgehead atoms. The van der Waals surface area contributed by atoms with Crippen molar-refractivity contribution in [2.24, 2.45) is 0 Å². The summed E-state index contributed by atoms with van der Waals surface area (Å²) in [5.74, 6) is 0. The Bertz CT molecular complexity index is 911. The van der Waals surface area contributed by atoms with Gasteiger partial charge in [-0.1, -0.05) is 101 Å². The molecule has 4 aromatic rings. The molecule has 0 unspecified atom stereocenters. The Morgan fingerprint density at radius 3 is 1.65 bits per heavy atom. The molecule has 0 spiro atoms. The normalized spacial score (nSPS) is 10.8. The van der Waals surface area contributed by atoms with E-state index in [0.717, 1.165) is 4.47 Å². The van der Waals surface area contributed by atoms with Crippen molar-refractivity contribution in [1.29, 1.82) is 0 Å². The van der Waals surface area contributed by atoms with Crippen LogP contribution in [0.5, 0.6) is 0 Å². The van der Waals surface area contributed by atoms with Crippen LogP contribution in [0.2, 0.25) is 0 Å². The highest BCUT2D eigenvalue weighted by molar-refractivity contribution is 9.10. The first kappa shape index (κ1) is 14.2. The van der Waals surface area contributed by atoms with Gasteiger partial charge < -0.3 is 0 Å². The Hall–Kier alpha value is -2.38. The van der Waals surface area contributed by atoms with Gasteiger partial charge in [-0.15, -0.1) is 0 Å². The quantitative estimate of drug-likeness (QED) is 0.364. The lowest BCUT2D eigenvalue weighted by molar-refractivity contribution is 1.61. The lowest BCUT2D eigenvalue weighted by Gasteiger charge is -2.14. The van der Waals surface area contributed by atoms with Crippen molar-refractivity contribution in [2.45, 2.75) is 0 Å². The summed E-state index contributed by atoms with van der Waals surface area (Å²) in [6.07, 6.45) is 0. The number of benzene rings is 4. The van der Waals surface area contributed by atoms with Gasteiger partial charge in [-0.05, 0) is 39.1 Å². The summed E-state index contributed by atoms with van der Waals surface area (Å²) in [6, 6.07) is 32.0. The average molecular weight is 359 g/mol. The molecular weight excluding hydrogens is 344 g/mol. The second-order valence-corrected chi connectivity index (χ2v) is 6.41. The molecule has 0 saturated carbocycles. The zero-order valence-electron chi connectivity index (χ0n) is 12.5. The molecule has 0 saturated heterocycles. The second kappa shape index (κ2) is 6.02. The summed E-state index contributed by atoms with van der Waals surface area (Å²) in [7, 11) is 0. The summed E-state index contributed by atoms with van der Waals surface area (Å²) < 4.78 is 1.13. The predicted molar refractivity (Wildman–Crippen MR) is 103 cm³/mol. The van der Waals surface area contributed by atoms with E-state index in [1.807, 2.05) is 0 Å². The minimum atomic E-state index is 1.13. The molecular formula is C22H15Br. The molecule has 0 aliphatic carbocycles. The maximum atomic E-state index is 3.71. The van der Waals surface area contributed by atoms with Gasteiger partial charge in [0, 0.05) is 4.47 Å². The van der Waals surface area contributed by atoms with Gasteiger partial charge in [0.25, 0.3) is 0 Å². The molecule has 110 valence electrons. The van der Waals surface area contributed by atoms with E-state index in [1.165, 1.54) is 33.0 Å². The SMILES string of the molecule is Brc1ccc(-c2ccccc2)c2c(-c3ccccc3)cccc12. The first-order valence-electron chi connectivity index (χ1n) is 7.67. The Kier molecular flexibility index (Phi) is 3.72. The van der Waals surface area contributed by atoms with E-state index in [2.05, 4.69) is 107 Å². The number of hydrogen-bond acceptors (Lipinski definition) is 0. The number of hydrogen-bond donors (Lipinski definition) is 0. The number of halogens is 1. The summed E-state index contributed by atoms with van der Waals surface area (Å²) >= 11 is 3.71. The van der Waals surface area contributed by atoms with Crippen molar-refractivity contribution >= 4 is 26.7 Å². The zero-order chi connectivity index (χ0) is 15.6. The first-order valence-corrected chi connectivity index (χ1v) is 8.46. The van der Waals surface area contributed by atoms with Crippen molar-refractivity contribution in [2.75, 3.05) is 0 Å². The van der Waals surface area contributed by atoms with Gasteiger partial charge in [0.05, 0.1) is 0 Å². The van der Waals surface area contributed by atoms with E-state index in [4.69, 9.17) is 0 Å². The summed E-state index contributed by atoms with van der Waals surface area (Å²) in [6.45, 7) is 0. The van der Waals surface area contributed by atoms with E-state index in [-0.39, 0.29) is 0 Å². The number of fused-ring (bicyclic) bond motifs is 1. The fraction of sp³-hybridized carbons (Fsp3) is 0. The van der Waals surface area contributed by atoms with Crippen LogP contribution in [0.3, 0.4) is 0 Å². The van der Waals surface area contributed by atoms with Crippen LogP contribution >= 0.6 is 15.9 Å². The maximum Gasteiger partial charge on any atom is 0.0254 e. The van der Waals surface area contributed by atoms with Crippen LogP contribution in [0, 0.1) is 0 Å². The zero-order valence-corrected chi connectivity index (χ0v) is 14.1. The molecule has 0 fully saturated rings. The molecule has 0 amide bonds. The van der Waals surface area contributed by atoms with Gasteiger partial charge in [-0.25, -0.2) is 0 Å².